The van der Waals surface area contributed by atoms with Crippen molar-refractivity contribution >= 4 is 5.84 Å². The highest BCUT2D eigenvalue weighted by Crippen LogP contribution is 2.41. The number of ether oxygens (including phenoxy) is 1. The number of aromatic nitrogens is 2. The van der Waals surface area contributed by atoms with Gasteiger partial charge in [-0.25, -0.2) is 18.7 Å². The van der Waals surface area contributed by atoms with E-state index in [0.717, 1.165) is 0 Å². The van der Waals surface area contributed by atoms with Crippen molar-refractivity contribution in [2.45, 2.75) is 31.2 Å². The number of benzene rings is 1. The Morgan fingerprint density at radius 2 is 1.96 bits per heavy atom. The molecule has 1 aliphatic rings. The Morgan fingerprint density at radius 3 is 2.58 bits per heavy atom. The van der Waals surface area contributed by atoms with Gasteiger partial charge in [0.15, 0.2) is 5.84 Å². The Balaban J connectivity index is 1.99. The number of nitrogens with zero attached hydrogens (tertiary/aromatic N) is 3. The van der Waals surface area contributed by atoms with Crippen LogP contribution < -0.4 is 10.5 Å². The Morgan fingerprint density at radius 1 is 1.19 bits per heavy atom. The SMILES string of the molecule is C[C@@]1(c2cc(-c3cnc(OCF)cn3)ccc2F)CCC(F)(F)C(N)=N1. The summed E-state index contributed by atoms with van der Waals surface area (Å²) in [7, 11) is 0. The van der Waals surface area contributed by atoms with Crippen molar-refractivity contribution in [1.82, 2.24) is 9.97 Å². The number of alkyl halides is 3. The summed E-state index contributed by atoms with van der Waals surface area (Å²) >= 11 is 0. The Labute approximate surface area is 146 Å². The smallest absolute Gasteiger partial charge is 0.303 e. The third kappa shape index (κ3) is 3.33. The average molecular weight is 368 g/mol. The zero-order chi connectivity index (χ0) is 18.9. The van der Waals surface area contributed by atoms with Crippen molar-refractivity contribution in [3.8, 4) is 17.1 Å². The van der Waals surface area contributed by atoms with Gasteiger partial charge in [0.05, 0.1) is 23.6 Å². The fourth-order valence-corrected chi connectivity index (χ4v) is 2.82. The Bertz CT molecular complexity index is 841. The van der Waals surface area contributed by atoms with Gasteiger partial charge in [0.1, 0.15) is 5.82 Å². The molecule has 1 atom stereocenters. The topological polar surface area (TPSA) is 73.4 Å². The first-order chi connectivity index (χ1) is 12.2. The second kappa shape index (κ2) is 6.54. The van der Waals surface area contributed by atoms with Crippen LogP contribution >= 0.6 is 0 Å². The molecule has 2 heterocycles. The largest absolute Gasteiger partial charge is 0.445 e. The maximum absolute atomic E-state index is 14.4. The summed E-state index contributed by atoms with van der Waals surface area (Å²) in [5.41, 5.74) is 5.20. The monoisotopic (exact) mass is 368 g/mol. The van der Waals surface area contributed by atoms with Gasteiger partial charge in [0.2, 0.25) is 12.7 Å². The third-order valence-electron chi connectivity index (χ3n) is 4.34. The molecule has 0 saturated carbocycles. The third-order valence-corrected chi connectivity index (χ3v) is 4.34. The van der Waals surface area contributed by atoms with E-state index in [9.17, 15) is 17.6 Å². The Hall–Kier alpha value is -2.71. The maximum atomic E-state index is 14.4. The van der Waals surface area contributed by atoms with Gasteiger partial charge >= 0.3 is 5.92 Å². The molecule has 138 valence electrons. The molecule has 0 amide bonds. The molecule has 0 saturated heterocycles. The van der Waals surface area contributed by atoms with Crippen LogP contribution in [0.2, 0.25) is 0 Å². The minimum atomic E-state index is -3.19. The number of halogens is 4. The van der Waals surface area contributed by atoms with Crippen molar-refractivity contribution in [1.29, 1.82) is 0 Å². The molecule has 0 aliphatic carbocycles. The van der Waals surface area contributed by atoms with Crippen LogP contribution in [0.15, 0.2) is 35.6 Å². The van der Waals surface area contributed by atoms with Gasteiger partial charge in [-0.15, -0.1) is 0 Å². The van der Waals surface area contributed by atoms with Crippen LogP contribution in [0.1, 0.15) is 25.3 Å². The molecule has 0 bridgehead atoms. The molecule has 0 unspecified atom stereocenters. The second-order valence-electron chi connectivity index (χ2n) is 6.16. The van der Waals surface area contributed by atoms with Gasteiger partial charge in [0, 0.05) is 17.5 Å². The van der Waals surface area contributed by atoms with E-state index in [0.29, 0.717) is 11.3 Å². The van der Waals surface area contributed by atoms with Crippen LogP contribution in [-0.2, 0) is 5.54 Å². The molecule has 9 heteroatoms. The van der Waals surface area contributed by atoms with E-state index in [4.69, 9.17) is 5.73 Å². The van der Waals surface area contributed by atoms with Gasteiger partial charge in [-0.05, 0) is 31.5 Å². The molecule has 1 aliphatic heterocycles. The lowest BCUT2D eigenvalue weighted by Gasteiger charge is -2.34. The summed E-state index contributed by atoms with van der Waals surface area (Å²) in [4.78, 5) is 11.9. The van der Waals surface area contributed by atoms with Crippen LogP contribution in [0.25, 0.3) is 11.3 Å². The highest BCUT2D eigenvalue weighted by Gasteiger charge is 2.44. The summed E-state index contributed by atoms with van der Waals surface area (Å²) in [5.74, 6) is -4.56. The van der Waals surface area contributed by atoms with Gasteiger partial charge in [-0.3, -0.25) is 4.99 Å². The summed E-state index contributed by atoms with van der Waals surface area (Å²) in [6.07, 6.45) is 2.00. The van der Waals surface area contributed by atoms with Crippen molar-refractivity contribution in [2.75, 3.05) is 6.86 Å². The standard InChI is InChI=1S/C17H16F4N4O/c1-16(4-5-17(20,21)15(22)25-16)11-6-10(2-3-12(11)19)13-7-24-14(8-23-13)26-9-18/h2-3,6-8H,4-5,9H2,1H3,(H2,22,25)/t16-/m0/s1. The van der Waals surface area contributed by atoms with Gasteiger partial charge in [-0.2, -0.15) is 8.78 Å². The predicted octanol–water partition coefficient (Wildman–Crippen LogP) is 3.59. The number of amidine groups is 1. The predicted molar refractivity (Wildman–Crippen MR) is 87.2 cm³/mol. The lowest BCUT2D eigenvalue weighted by atomic mass is 9.83. The van der Waals surface area contributed by atoms with E-state index in [-0.39, 0.29) is 17.9 Å². The first kappa shape index (κ1) is 18.1. The zero-order valence-corrected chi connectivity index (χ0v) is 13.8. The lowest BCUT2D eigenvalue weighted by molar-refractivity contribution is 0.0465. The second-order valence-corrected chi connectivity index (χ2v) is 6.16. The minimum Gasteiger partial charge on any atom is -0.445 e. The van der Waals surface area contributed by atoms with Gasteiger partial charge in [-0.1, -0.05) is 0 Å². The molecular weight excluding hydrogens is 352 g/mol. The number of hydrogen-bond donors (Lipinski definition) is 1. The van der Waals surface area contributed by atoms with Gasteiger partial charge < -0.3 is 10.5 Å². The fourth-order valence-electron chi connectivity index (χ4n) is 2.82. The van der Waals surface area contributed by atoms with E-state index in [2.05, 4.69) is 19.7 Å². The van der Waals surface area contributed by atoms with E-state index in [1.54, 1.807) is 6.92 Å². The molecule has 1 aromatic carbocycles. The molecule has 0 spiro atoms. The van der Waals surface area contributed by atoms with Crippen LogP contribution in [0.5, 0.6) is 5.88 Å². The maximum Gasteiger partial charge on any atom is 0.303 e. The van der Waals surface area contributed by atoms with E-state index >= 15 is 0 Å². The first-order valence-corrected chi connectivity index (χ1v) is 7.80. The number of rotatable bonds is 4. The van der Waals surface area contributed by atoms with Crippen LogP contribution in [-0.4, -0.2) is 28.6 Å². The van der Waals surface area contributed by atoms with Crippen LogP contribution in [0, 0.1) is 5.82 Å². The Kier molecular flexibility index (Phi) is 4.55. The molecule has 3 rings (SSSR count). The van der Waals surface area contributed by atoms with E-state index in [1.165, 1.54) is 30.6 Å². The molecule has 0 radical (unpaired) electrons. The fraction of sp³-hybridized carbons (Fsp3) is 0.353. The summed E-state index contributed by atoms with van der Waals surface area (Å²) in [6, 6.07) is 4.17. The number of hydrogen-bond acceptors (Lipinski definition) is 5. The minimum absolute atomic E-state index is 0.0115. The molecule has 0 fully saturated rings. The lowest BCUT2D eigenvalue weighted by Crippen LogP contribution is -2.44. The molecular formula is C17H16F4N4O. The molecule has 1 aromatic heterocycles. The van der Waals surface area contributed by atoms with Crippen molar-refractivity contribution in [2.24, 2.45) is 10.7 Å². The molecule has 26 heavy (non-hydrogen) atoms. The molecule has 2 N–H and O–H groups in total. The first-order valence-electron chi connectivity index (χ1n) is 7.80. The highest BCUT2D eigenvalue weighted by atomic mass is 19.3. The summed E-state index contributed by atoms with van der Waals surface area (Å²) < 4.78 is 58.3. The van der Waals surface area contributed by atoms with E-state index in [1.807, 2.05) is 0 Å². The average Bonchev–Trinajstić information content (AvgIpc) is 2.60. The highest BCUT2D eigenvalue weighted by molar-refractivity contribution is 5.88. The quantitative estimate of drug-likeness (QED) is 0.837. The number of nitrogens with two attached hydrogens (primary N) is 1. The van der Waals surface area contributed by atoms with Crippen molar-refractivity contribution in [3.05, 3.63) is 42.0 Å². The van der Waals surface area contributed by atoms with Crippen molar-refractivity contribution < 1.29 is 22.3 Å². The normalized spacial score (nSPS) is 22.0. The van der Waals surface area contributed by atoms with Gasteiger partial charge in [0.25, 0.3) is 0 Å². The number of aliphatic imine (C=N–C) groups is 1. The molecule has 2 aromatic rings. The summed E-state index contributed by atoms with van der Waals surface area (Å²) in [6.45, 7) is 0.526. The molecule has 5 nitrogen and oxygen atoms in total. The zero-order valence-electron chi connectivity index (χ0n) is 13.8. The van der Waals surface area contributed by atoms with Crippen LogP contribution in [0.3, 0.4) is 0 Å². The summed E-state index contributed by atoms with van der Waals surface area (Å²) in [5, 5.41) is 0. The van der Waals surface area contributed by atoms with Crippen molar-refractivity contribution in [3.63, 3.8) is 0 Å². The van der Waals surface area contributed by atoms with Crippen LogP contribution in [0.4, 0.5) is 17.6 Å². The van der Waals surface area contributed by atoms with E-state index < -0.39 is 36.4 Å².